The Balaban J connectivity index is 1.47. The highest BCUT2D eigenvalue weighted by Gasteiger charge is 2.34. The van der Waals surface area contributed by atoms with Gasteiger partial charge in [-0.15, -0.1) is 0 Å². The Morgan fingerprint density at radius 3 is 2.46 bits per heavy atom. The molecule has 264 valence electrons. The van der Waals surface area contributed by atoms with Gasteiger partial charge in [0.25, 0.3) is 5.91 Å². The number of hydrogen-bond donors (Lipinski definition) is 1. The molecule has 2 saturated carbocycles. The van der Waals surface area contributed by atoms with E-state index in [0.29, 0.717) is 18.0 Å². The lowest BCUT2D eigenvalue weighted by atomic mass is 9.81. The van der Waals surface area contributed by atoms with Crippen LogP contribution in [0.15, 0.2) is 42.6 Å². The molecule has 1 aliphatic heterocycles. The summed E-state index contributed by atoms with van der Waals surface area (Å²) in [5, 5.41) is 5.81. The molecule has 4 aromatic rings. The zero-order valence-electron chi connectivity index (χ0n) is 29.3. The zero-order chi connectivity index (χ0) is 35.2. The van der Waals surface area contributed by atoms with Crippen molar-refractivity contribution in [2.45, 2.75) is 90.6 Å². The molecule has 3 aliphatic rings. The van der Waals surface area contributed by atoms with Gasteiger partial charge in [-0.25, -0.2) is 17.9 Å². The van der Waals surface area contributed by atoms with Gasteiger partial charge >= 0.3 is 5.97 Å². The Morgan fingerprint density at radius 2 is 1.78 bits per heavy atom. The number of esters is 1. The number of fused-ring (bicyclic) bond motifs is 5. The van der Waals surface area contributed by atoms with Crippen LogP contribution < -0.4 is 9.46 Å². The smallest absolute Gasteiger partial charge is 0.341 e. The number of amides is 1. The summed E-state index contributed by atoms with van der Waals surface area (Å²) < 4.78 is 43.4. The molecule has 0 saturated heterocycles. The number of carbonyl (C=O) groups is 2. The molecule has 10 nitrogen and oxygen atoms in total. The predicted molar refractivity (Wildman–Crippen MR) is 195 cm³/mol. The van der Waals surface area contributed by atoms with Crippen LogP contribution >= 0.6 is 0 Å². The molecule has 3 heterocycles. The molecule has 2 aromatic carbocycles. The lowest BCUT2D eigenvalue weighted by Gasteiger charge is -2.28. The van der Waals surface area contributed by atoms with E-state index in [-0.39, 0.29) is 29.9 Å². The molecule has 1 amide bonds. The number of rotatable bonds is 10. The number of nitrogens with zero attached hydrogens (tertiary/aromatic N) is 3. The number of aromatic nitrogens is 3. The van der Waals surface area contributed by atoms with Crippen LogP contribution in [-0.2, 0) is 21.3 Å². The van der Waals surface area contributed by atoms with E-state index in [9.17, 15) is 18.0 Å². The van der Waals surface area contributed by atoms with Crippen LogP contribution in [0.1, 0.15) is 122 Å². The Kier molecular flexibility index (Phi) is 9.36. The van der Waals surface area contributed by atoms with E-state index in [1.807, 2.05) is 28.9 Å². The second-order valence-electron chi connectivity index (χ2n) is 14.3. The number of nitrogens with one attached hydrogen (secondary N) is 1. The molecule has 0 radical (unpaired) electrons. The molecule has 2 aromatic heterocycles. The first-order chi connectivity index (χ1) is 24.1. The van der Waals surface area contributed by atoms with E-state index in [0.717, 1.165) is 89.7 Å². The van der Waals surface area contributed by atoms with E-state index in [2.05, 4.69) is 21.4 Å². The van der Waals surface area contributed by atoms with Crippen LogP contribution in [0.5, 0.6) is 5.75 Å². The fraction of sp³-hybridized carbons (Fsp3) is 0.462. The molecule has 0 atom stereocenters. The van der Waals surface area contributed by atoms with Gasteiger partial charge in [-0.05, 0) is 104 Å². The predicted octanol–water partition coefficient (Wildman–Crippen LogP) is 7.73. The van der Waals surface area contributed by atoms with Crippen molar-refractivity contribution in [2.75, 3.05) is 19.5 Å². The summed E-state index contributed by atoms with van der Waals surface area (Å²) >= 11 is 0. The minimum atomic E-state index is -3.81. The fourth-order valence-electron chi connectivity index (χ4n) is 7.96. The summed E-state index contributed by atoms with van der Waals surface area (Å²) in [6.07, 6.45) is 12.5. The van der Waals surface area contributed by atoms with Gasteiger partial charge < -0.3 is 14.0 Å². The minimum absolute atomic E-state index is 0.126. The average Bonchev–Trinajstić information content (AvgIpc) is 3.57. The molecule has 0 bridgehead atoms. The molecule has 11 heteroatoms. The number of ether oxygens (including phenoxy) is 2. The summed E-state index contributed by atoms with van der Waals surface area (Å²) in [7, 11) is -2.15. The van der Waals surface area contributed by atoms with Gasteiger partial charge in [0.15, 0.2) is 0 Å². The van der Waals surface area contributed by atoms with Gasteiger partial charge in [0.1, 0.15) is 11.3 Å². The van der Waals surface area contributed by atoms with Gasteiger partial charge in [0.05, 0.1) is 49.6 Å². The first-order valence-corrected chi connectivity index (χ1v) is 19.6. The van der Waals surface area contributed by atoms with Crippen molar-refractivity contribution in [1.29, 1.82) is 0 Å². The summed E-state index contributed by atoms with van der Waals surface area (Å²) in [6.45, 7) is 6.06. The Hall–Kier alpha value is -4.38. The van der Waals surface area contributed by atoms with Crippen LogP contribution in [0.3, 0.4) is 0 Å². The minimum Gasteiger partial charge on any atom is -0.497 e. The SMILES string of the molecule is CCOC(=O)c1cnn(C2CCC2)c1C1=Cc2cc(OC)ccc2-c2c(C3CCCCC3)c3ccc(C(=O)NS(=O)(=O)CC(C)C)cc3n2C1. The average molecular weight is 699 g/mol. The summed E-state index contributed by atoms with van der Waals surface area (Å²) in [5.74, 6) is -0.280. The molecule has 0 unspecified atom stereocenters. The summed E-state index contributed by atoms with van der Waals surface area (Å²) in [5.41, 5.74) is 7.51. The number of sulfonamides is 1. The molecule has 2 aliphatic carbocycles. The van der Waals surface area contributed by atoms with Crippen molar-refractivity contribution < 1.29 is 27.5 Å². The Bertz CT molecular complexity index is 2100. The Labute approximate surface area is 293 Å². The van der Waals surface area contributed by atoms with Gasteiger partial charge in [0, 0.05) is 22.0 Å². The van der Waals surface area contributed by atoms with Crippen LogP contribution in [-0.4, -0.2) is 54.1 Å². The largest absolute Gasteiger partial charge is 0.497 e. The first kappa shape index (κ1) is 34.1. The maximum atomic E-state index is 13.5. The van der Waals surface area contributed by atoms with Gasteiger partial charge in [0.2, 0.25) is 10.0 Å². The van der Waals surface area contributed by atoms with Gasteiger partial charge in [-0.1, -0.05) is 39.2 Å². The van der Waals surface area contributed by atoms with E-state index in [1.165, 1.54) is 12.0 Å². The highest BCUT2D eigenvalue weighted by molar-refractivity contribution is 7.90. The van der Waals surface area contributed by atoms with Crippen molar-refractivity contribution in [2.24, 2.45) is 5.92 Å². The van der Waals surface area contributed by atoms with Crippen molar-refractivity contribution in [3.8, 4) is 17.0 Å². The van der Waals surface area contributed by atoms with Gasteiger partial charge in [-0.3, -0.25) is 9.48 Å². The quantitative estimate of drug-likeness (QED) is 0.168. The third kappa shape index (κ3) is 6.36. The molecular weight excluding hydrogens is 653 g/mol. The molecule has 1 N–H and O–H groups in total. The maximum absolute atomic E-state index is 13.5. The standard InChI is InChI=1S/C39H46N4O6S/c1-5-49-39(45)33-21-40-43(29-12-9-13-29)36(33)28-18-27-19-30(48-4)15-17-31(27)37-35(25-10-7-6-8-11-25)32-16-14-26(20-34(32)42(37)22-28)38(44)41-50(46,47)23-24(2)3/h14-21,24-25,29H,5-13,22-23H2,1-4H3,(H,41,44). The molecule has 2 fully saturated rings. The van der Waals surface area contributed by atoms with Crippen LogP contribution in [0.2, 0.25) is 0 Å². The van der Waals surface area contributed by atoms with Crippen molar-refractivity contribution in [3.05, 3.63) is 70.5 Å². The first-order valence-electron chi connectivity index (χ1n) is 17.9. The maximum Gasteiger partial charge on any atom is 0.341 e. The third-order valence-corrected chi connectivity index (χ3v) is 12.0. The molecule has 0 spiro atoms. The zero-order valence-corrected chi connectivity index (χ0v) is 30.1. The van der Waals surface area contributed by atoms with Crippen LogP contribution in [0.4, 0.5) is 0 Å². The highest BCUT2D eigenvalue weighted by Crippen LogP contribution is 2.48. The topological polar surface area (TPSA) is 122 Å². The van der Waals surface area contributed by atoms with E-state index in [1.54, 1.807) is 40.1 Å². The van der Waals surface area contributed by atoms with E-state index in [4.69, 9.17) is 14.6 Å². The number of methoxy groups -OCH3 is 1. The monoisotopic (exact) mass is 698 g/mol. The summed E-state index contributed by atoms with van der Waals surface area (Å²) in [6, 6.07) is 11.9. The van der Waals surface area contributed by atoms with Crippen molar-refractivity contribution in [3.63, 3.8) is 0 Å². The van der Waals surface area contributed by atoms with Crippen molar-refractivity contribution >= 4 is 44.5 Å². The number of hydrogen-bond acceptors (Lipinski definition) is 7. The number of carbonyl (C=O) groups excluding carboxylic acids is 2. The summed E-state index contributed by atoms with van der Waals surface area (Å²) in [4.78, 5) is 26.9. The Morgan fingerprint density at radius 1 is 1.00 bits per heavy atom. The molecule has 50 heavy (non-hydrogen) atoms. The molecule has 7 rings (SSSR count). The van der Waals surface area contributed by atoms with E-state index >= 15 is 0 Å². The lowest BCUT2D eigenvalue weighted by Crippen LogP contribution is -2.33. The number of allylic oxidation sites excluding steroid dienone is 1. The fourth-order valence-corrected chi connectivity index (χ4v) is 9.32. The van der Waals surface area contributed by atoms with Crippen LogP contribution in [0.25, 0.3) is 33.8 Å². The highest BCUT2D eigenvalue weighted by atomic mass is 32.2. The third-order valence-electron chi connectivity index (χ3n) is 10.4. The normalized spacial score (nSPS) is 16.7. The van der Waals surface area contributed by atoms with Crippen LogP contribution in [0, 0.1) is 5.92 Å². The van der Waals surface area contributed by atoms with Gasteiger partial charge in [-0.2, -0.15) is 5.10 Å². The van der Waals surface area contributed by atoms with E-state index < -0.39 is 21.9 Å². The number of benzene rings is 2. The van der Waals surface area contributed by atoms with Crippen molar-refractivity contribution in [1.82, 2.24) is 19.1 Å². The molecular formula is C39H46N4O6S. The lowest BCUT2D eigenvalue weighted by molar-refractivity contribution is 0.0525. The second-order valence-corrected chi connectivity index (χ2v) is 16.1. The second kappa shape index (κ2) is 13.7.